The summed E-state index contributed by atoms with van der Waals surface area (Å²) < 4.78 is 30.6. The van der Waals surface area contributed by atoms with Crippen LogP contribution in [-0.2, 0) is 15.5 Å². The van der Waals surface area contributed by atoms with Gasteiger partial charge < -0.3 is 15.6 Å². The number of nitrogens with zero attached hydrogens (tertiary/aromatic N) is 2. The molecule has 94 valence electrons. The number of ether oxygens (including phenoxy) is 1. The highest BCUT2D eigenvalue weighted by molar-refractivity contribution is 7.85. The fourth-order valence-corrected chi connectivity index (χ4v) is 2.61. The number of aliphatic hydroxyl groups is 1. The fourth-order valence-electron chi connectivity index (χ4n) is 1.46. The van der Waals surface area contributed by atoms with Gasteiger partial charge in [0.2, 0.25) is 0 Å². The van der Waals surface area contributed by atoms with E-state index in [9.17, 15) is 13.4 Å². The maximum absolute atomic E-state index is 13.2. The Bertz CT molecular complexity index is 520. The van der Waals surface area contributed by atoms with Gasteiger partial charge in [0.15, 0.2) is 23.3 Å². The summed E-state index contributed by atoms with van der Waals surface area (Å²) in [6.07, 6.45) is -0.0465. The highest BCUT2D eigenvalue weighted by atomic mass is 32.2. The number of aromatic nitrogens is 2. The summed E-state index contributed by atoms with van der Waals surface area (Å²) in [4.78, 5) is 14.7. The molecule has 3 atom stereocenters. The number of anilines is 1. The molecule has 9 heteroatoms. The van der Waals surface area contributed by atoms with Crippen LogP contribution in [0.4, 0.5) is 10.2 Å². The molecule has 0 aliphatic carbocycles. The Morgan fingerprint density at radius 1 is 1.76 bits per heavy atom. The average Bonchev–Trinajstić information content (AvgIpc) is 2.65. The lowest BCUT2D eigenvalue weighted by Gasteiger charge is -2.13. The SMILES string of the molecule is Nc1nc(=O)n([C@@H]2CS(=O)[C@H](CO)O2)cc1F. The molecule has 17 heavy (non-hydrogen) atoms. The summed E-state index contributed by atoms with van der Waals surface area (Å²) in [5.74, 6) is -1.36. The number of rotatable bonds is 2. The predicted octanol–water partition coefficient (Wildman–Crippen LogP) is -1.44. The van der Waals surface area contributed by atoms with E-state index < -0.39 is 46.4 Å². The maximum atomic E-state index is 13.2. The molecule has 1 fully saturated rings. The Hall–Kier alpha value is -1.32. The summed E-state index contributed by atoms with van der Waals surface area (Å²) in [7, 11) is -1.42. The number of nitrogen functional groups attached to an aromatic ring is 1. The number of halogens is 1. The van der Waals surface area contributed by atoms with Gasteiger partial charge in [0.1, 0.15) is 0 Å². The number of aliphatic hydroxyl groups excluding tert-OH is 1. The molecule has 1 aliphatic heterocycles. The first-order valence-corrected chi connectivity index (χ1v) is 6.08. The molecule has 0 bridgehead atoms. The molecule has 2 heterocycles. The van der Waals surface area contributed by atoms with E-state index in [0.29, 0.717) is 0 Å². The highest BCUT2D eigenvalue weighted by Gasteiger charge is 2.33. The van der Waals surface area contributed by atoms with Gasteiger partial charge in [0, 0.05) is 0 Å². The second kappa shape index (κ2) is 4.51. The van der Waals surface area contributed by atoms with Crippen LogP contribution < -0.4 is 11.4 Å². The van der Waals surface area contributed by atoms with Crippen LogP contribution in [0.3, 0.4) is 0 Å². The third-order valence-corrected chi connectivity index (χ3v) is 3.76. The van der Waals surface area contributed by atoms with Crippen LogP contribution in [0.25, 0.3) is 0 Å². The van der Waals surface area contributed by atoms with Gasteiger partial charge in [-0.2, -0.15) is 4.98 Å². The molecule has 0 radical (unpaired) electrons. The first-order valence-electron chi connectivity index (χ1n) is 4.70. The van der Waals surface area contributed by atoms with Gasteiger partial charge in [-0.25, -0.2) is 9.18 Å². The molecule has 1 saturated heterocycles. The fraction of sp³-hybridized carbons (Fsp3) is 0.500. The van der Waals surface area contributed by atoms with E-state index >= 15 is 0 Å². The van der Waals surface area contributed by atoms with Crippen LogP contribution in [-0.4, -0.2) is 36.7 Å². The van der Waals surface area contributed by atoms with Gasteiger partial charge in [0.05, 0.1) is 29.4 Å². The molecule has 0 amide bonds. The van der Waals surface area contributed by atoms with Crippen LogP contribution in [0.5, 0.6) is 0 Å². The zero-order chi connectivity index (χ0) is 12.6. The van der Waals surface area contributed by atoms with Crippen molar-refractivity contribution in [1.29, 1.82) is 0 Å². The first kappa shape index (κ1) is 12.1. The van der Waals surface area contributed by atoms with Crippen LogP contribution in [0.15, 0.2) is 11.0 Å². The van der Waals surface area contributed by atoms with Crippen LogP contribution in [0.1, 0.15) is 6.23 Å². The average molecular weight is 263 g/mol. The second-order valence-corrected chi connectivity index (χ2v) is 5.03. The highest BCUT2D eigenvalue weighted by Crippen LogP contribution is 2.22. The molecule has 1 aliphatic rings. The topological polar surface area (TPSA) is 107 Å². The molecule has 2 rings (SSSR count). The van der Waals surface area contributed by atoms with Gasteiger partial charge >= 0.3 is 5.69 Å². The van der Waals surface area contributed by atoms with E-state index in [2.05, 4.69) is 4.98 Å². The van der Waals surface area contributed by atoms with Crippen molar-refractivity contribution in [1.82, 2.24) is 9.55 Å². The zero-order valence-electron chi connectivity index (χ0n) is 8.58. The summed E-state index contributed by atoms with van der Waals surface area (Å²) in [6, 6.07) is 0. The zero-order valence-corrected chi connectivity index (χ0v) is 9.39. The van der Waals surface area contributed by atoms with Crippen molar-refractivity contribution in [3.05, 3.63) is 22.5 Å². The minimum atomic E-state index is -1.42. The van der Waals surface area contributed by atoms with Crippen molar-refractivity contribution in [2.75, 3.05) is 18.1 Å². The molecule has 3 N–H and O–H groups in total. The number of hydrogen-bond donors (Lipinski definition) is 2. The molecule has 1 aromatic rings. The van der Waals surface area contributed by atoms with Crippen molar-refractivity contribution in [3.8, 4) is 0 Å². The summed E-state index contributed by atoms with van der Waals surface area (Å²) in [5, 5.41) is 8.85. The number of hydrogen-bond acceptors (Lipinski definition) is 6. The summed E-state index contributed by atoms with van der Waals surface area (Å²) in [5.41, 5.74) is 3.47. The standard InChI is InChI=1S/C8H10FN3O4S/c9-4-1-12(8(14)11-7(4)10)5-3-17(15)6(2-13)16-5/h1,5-6,13H,2-3H2,(H2,10,11,14)/t5-,6+,17?/m0/s1. The minimum Gasteiger partial charge on any atom is -0.393 e. The quantitative estimate of drug-likeness (QED) is 0.676. The van der Waals surface area contributed by atoms with Gasteiger partial charge in [-0.15, -0.1) is 0 Å². The third kappa shape index (κ3) is 2.21. The van der Waals surface area contributed by atoms with E-state index in [1.54, 1.807) is 0 Å². The lowest BCUT2D eigenvalue weighted by Crippen LogP contribution is -2.29. The van der Waals surface area contributed by atoms with Gasteiger partial charge in [-0.3, -0.25) is 8.78 Å². The Balaban J connectivity index is 2.34. The van der Waals surface area contributed by atoms with Crippen LogP contribution in [0.2, 0.25) is 0 Å². The lowest BCUT2D eigenvalue weighted by molar-refractivity contribution is -0.00750. The Morgan fingerprint density at radius 2 is 2.47 bits per heavy atom. The van der Waals surface area contributed by atoms with Crippen molar-refractivity contribution < 1.29 is 18.4 Å². The van der Waals surface area contributed by atoms with Crippen LogP contribution in [0, 0.1) is 5.82 Å². The van der Waals surface area contributed by atoms with E-state index in [0.717, 1.165) is 10.8 Å². The summed E-state index contributed by atoms with van der Waals surface area (Å²) >= 11 is 0. The molecule has 1 unspecified atom stereocenters. The van der Waals surface area contributed by atoms with Gasteiger partial charge in [-0.05, 0) is 0 Å². The lowest BCUT2D eigenvalue weighted by atomic mass is 10.5. The Morgan fingerprint density at radius 3 is 3.06 bits per heavy atom. The Kier molecular flexibility index (Phi) is 3.22. The van der Waals surface area contributed by atoms with Gasteiger partial charge in [-0.1, -0.05) is 0 Å². The molecule has 1 aromatic heterocycles. The molecule has 0 spiro atoms. The Labute approximate surface area is 97.5 Å². The maximum Gasteiger partial charge on any atom is 0.351 e. The second-order valence-electron chi connectivity index (χ2n) is 3.41. The summed E-state index contributed by atoms with van der Waals surface area (Å²) in [6.45, 7) is -0.428. The van der Waals surface area contributed by atoms with Crippen molar-refractivity contribution in [3.63, 3.8) is 0 Å². The minimum absolute atomic E-state index is 0.00380. The normalized spacial score (nSPS) is 28.5. The van der Waals surface area contributed by atoms with Crippen molar-refractivity contribution in [2.24, 2.45) is 0 Å². The van der Waals surface area contributed by atoms with E-state index in [-0.39, 0.29) is 5.75 Å². The van der Waals surface area contributed by atoms with E-state index in [4.69, 9.17) is 15.6 Å². The molecule has 0 saturated carbocycles. The monoisotopic (exact) mass is 263 g/mol. The molecule has 0 aromatic carbocycles. The molecule has 7 nitrogen and oxygen atoms in total. The van der Waals surface area contributed by atoms with Crippen molar-refractivity contribution >= 4 is 16.6 Å². The smallest absolute Gasteiger partial charge is 0.351 e. The van der Waals surface area contributed by atoms with Crippen LogP contribution >= 0.6 is 0 Å². The van der Waals surface area contributed by atoms with Crippen molar-refractivity contribution in [2.45, 2.75) is 11.7 Å². The van der Waals surface area contributed by atoms with E-state index in [1.165, 1.54) is 0 Å². The van der Waals surface area contributed by atoms with Gasteiger partial charge in [0.25, 0.3) is 0 Å². The van der Waals surface area contributed by atoms with E-state index in [1.807, 2.05) is 0 Å². The third-order valence-electron chi connectivity index (χ3n) is 2.30. The molecular weight excluding hydrogens is 253 g/mol. The first-order chi connectivity index (χ1) is 8.02. The molecular formula is C8H10FN3O4S. The largest absolute Gasteiger partial charge is 0.393 e. The predicted molar refractivity (Wildman–Crippen MR) is 56.9 cm³/mol. The number of nitrogens with two attached hydrogens (primary N) is 1.